The summed E-state index contributed by atoms with van der Waals surface area (Å²) in [5.41, 5.74) is 0.900. The van der Waals surface area contributed by atoms with Crippen molar-refractivity contribution in [3.8, 4) is 0 Å². The summed E-state index contributed by atoms with van der Waals surface area (Å²) in [6.07, 6.45) is -1.03. The van der Waals surface area contributed by atoms with Gasteiger partial charge in [-0.3, -0.25) is 4.79 Å². The van der Waals surface area contributed by atoms with Gasteiger partial charge in [0.05, 0.1) is 4.90 Å². The molecule has 0 aliphatic rings. The van der Waals surface area contributed by atoms with Crippen LogP contribution in [-0.4, -0.2) is 24.6 Å². The van der Waals surface area contributed by atoms with Gasteiger partial charge in [-0.2, -0.15) is 0 Å². The van der Waals surface area contributed by atoms with Crippen LogP contribution in [0.15, 0.2) is 57.9 Å². The highest BCUT2D eigenvalue weighted by atomic mass is 79.9. The Hall–Kier alpha value is -0.830. The zero-order valence-corrected chi connectivity index (χ0v) is 17.1. The van der Waals surface area contributed by atoms with Gasteiger partial charge >= 0.3 is 0 Å². The number of benzene rings is 2. The van der Waals surface area contributed by atoms with Crippen LogP contribution in [0.2, 0.25) is 0 Å². The minimum atomic E-state index is -2.08. The van der Waals surface area contributed by atoms with Crippen LogP contribution in [0.25, 0.3) is 0 Å². The fourth-order valence-electron chi connectivity index (χ4n) is 1.85. The van der Waals surface area contributed by atoms with Gasteiger partial charge < -0.3 is 15.2 Å². The first-order valence-corrected chi connectivity index (χ1v) is 9.81. The van der Waals surface area contributed by atoms with Crippen LogP contribution in [0.1, 0.15) is 10.4 Å². The van der Waals surface area contributed by atoms with E-state index < -0.39 is 26.9 Å². The predicted octanol–water partition coefficient (Wildman–Crippen LogP) is 4.57. The molecule has 2 aromatic carbocycles. The van der Waals surface area contributed by atoms with Gasteiger partial charge in [0.2, 0.25) is 3.79 Å². The van der Waals surface area contributed by atoms with Crippen molar-refractivity contribution >= 4 is 73.4 Å². The Labute approximate surface area is 170 Å². The fraction of sp³-hybridized carbons (Fsp3) is 0.133. The van der Waals surface area contributed by atoms with E-state index in [2.05, 4.69) is 26.6 Å². The molecule has 3 N–H and O–H groups in total. The minimum Gasteiger partial charge on any atom is -0.362 e. The number of carbonyl (C=O) groups is 1. The molecule has 0 fully saturated rings. The molecule has 0 aromatic heterocycles. The van der Waals surface area contributed by atoms with E-state index in [1.807, 2.05) is 0 Å². The van der Waals surface area contributed by atoms with E-state index in [0.29, 0.717) is 11.3 Å². The molecular weight excluding hydrogens is 475 g/mol. The minimum absolute atomic E-state index is 0.231. The number of nitrogens with one attached hydrogen (secondary N) is 2. The van der Waals surface area contributed by atoms with Crippen molar-refractivity contribution in [1.29, 1.82) is 0 Å². The maximum atomic E-state index is 12.3. The lowest BCUT2D eigenvalue weighted by atomic mass is 10.2. The van der Waals surface area contributed by atoms with Crippen molar-refractivity contribution in [1.82, 2.24) is 5.32 Å². The normalized spacial score (nSPS) is 13.8. The standard InChI is InChI=1S/C15H12BrCl3N2O3S/c16-10-3-1-9(2-4-10)13(22)21-14(15(17,18)19)20-11-5-7-12(8-6-11)25(23)24/h1-8,14,20H,(H,21,22)(H,23,24). The van der Waals surface area contributed by atoms with E-state index in [1.165, 1.54) is 12.1 Å². The lowest BCUT2D eigenvalue weighted by Crippen LogP contribution is -2.49. The van der Waals surface area contributed by atoms with Gasteiger partial charge in [-0.15, -0.1) is 0 Å². The van der Waals surface area contributed by atoms with Gasteiger partial charge in [0, 0.05) is 15.7 Å². The van der Waals surface area contributed by atoms with E-state index >= 15 is 0 Å². The zero-order valence-electron chi connectivity index (χ0n) is 12.4. The first kappa shape index (κ1) is 20.5. The monoisotopic (exact) mass is 484 g/mol. The Balaban J connectivity index is 2.15. The molecular formula is C15H12BrCl3N2O3S. The van der Waals surface area contributed by atoms with Gasteiger partial charge in [-0.05, 0) is 48.5 Å². The highest BCUT2D eigenvalue weighted by Gasteiger charge is 2.34. The van der Waals surface area contributed by atoms with Crippen molar-refractivity contribution in [2.45, 2.75) is 14.9 Å². The molecule has 2 aromatic rings. The topological polar surface area (TPSA) is 78.4 Å². The third-order valence-electron chi connectivity index (χ3n) is 3.08. The molecule has 2 atom stereocenters. The molecule has 0 spiro atoms. The second-order valence-corrected chi connectivity index (χ2v) is 9.13. The molecule has 25 heavy (non-hydrogen) atoms. The molecule has 134 valence electrons. The van der Waals surface area contributed by atoms with Crippen molar-refractivity contribution in [3.05, 3.63) is 58.6 Å². The second kappa shape index (κ2) is 8.70. The van der Waals surface area contributed by atoms with Crippen molar-refractivity contribution in [3.63, 3.8) is 0 Å². The van der Waals surface area contributed by atoms with E-state index in [1.54, 1.807) is 36.4 Å². The molecule has 0 heterocycles. The van der Waals surface area contributed by atoms with Gasteiger partial charge in [0.25, 0.3) is 5.91 Å². The summed E-state index contributed by atoms with van der Waals surface area (Å²) in [6.45, 7) is 0. The fourth-order valence-corrected chi connectivity index (χ4v) is 2.81. The molecule has 0 aliphatic heterocycles. The zero-order chi connectivity index (χ0) is 18.6. The van der Waals surface area contributed by atoms with Crippen LogP contribution in [-0.2, 0) is 11.1 Å². The van der Waals surface area contributed by atoms with E-state index in [9.17, 15) is 9.00 Å². The number of anilines is 1. The maximum Gasteiger partial charge on any atom is 0.252 e. The van der Waals surface area contributed by atoms with Gasteiger partial charge in [-0.1, -0.05) is 50.7 Å². The first-order chi connectivity index (χ1) is 11.7. The number of hydrogen-bond donors (Lipinski definition) is 3. The van der Waals surface area contributed by atoms with Crippen LogP contribution in [0, 0.1) is 0 Å². The lowest BCUT2D eigenvalue weighted by molar-refractivity contribution is 0.0942. The van der Waals surface area contributed by atoms with Crippen LogP contribution in [0.3, 0.4) is 0 Å². The number of halogens is 4. The van der Waals surface area contributed by atoms with Gasteiger partial charge in [0.1, 0.15) is 6.17 Å². The summed E-state index contributed by atoms with van der Waals surface area (Å²) in [5, 5.41) is 5.49. The van der Waals surface area contributed by atoms with E-state index in [-0.39, 0.29) is 4.90 Å². The Morgan fingerprint density at radius 2 is 1.64 bits per heavy atom. The smallest absolute Gasteiger partial charge is 0.252 e. The number of rotatable bonds is 5. The van der Waals surface area contributed by atoms with Crippen LogP contribution < -0.4 is 10.6 Å². The molecule has 0 bridgehead atoms. The Morgan fingerprint density at radius 1 is 1.08 bits per heavy atom. The predicted molar refractivity (Wildman–Crippen MR) is 105 cm³/mol. The number of alkyl halides is 3. The van der Waals surface area contributed by atoms with Crippen molar-refractivity contribution < 1.29 is 13.6 Å². The van der Waals surface area contributed by atoms with Gasteiger partial charge in [-0.25, -0.2) is 4.21 Å². The molecule has 0 radical (unpaired) electrons. The summed E-state index contributed by atoms with van der Waals surface area (Å²) in [6, 6.07) is 12.7. The molecule has 10 heteroatoms. The Morgan fingerprint density at radius 3 is 2.12 bits per heavy atom. The Kier molecular flexibility index (Phi) is 7.13. The molecule has 2 rings (SSSR count). The lowest BCUT2D eigenvalue weighted by Gasteiger charge is -2.27. The summed E-state index contributed by atoms with van der Waals surface area (Å²) >= 11 is 19.0. The average Bonchev–Trinajstić information content (AvgIpc) is 2.54. The van der Waals surface area contributed by atoms with E-state index in [0.717, 1.165) is 4.47 Å². The Bertz CT molecular complexity index is 767. The average molecular weight is 487 g/mol. The highest BCUT2D eigenvalue weighted by Crippen LogP contribution is 2.31. The quantitative estimate of drug-likeness (QED) is 0.329. The second-order valence-electron chi connectivity index (χ2n) is 4.87. The first-order valence-electron chi connectivity index (χ1n) is 6.77. The van der Waals surface area contributed by atoms with Crippen LogP contribution in [0.4, 0.5) is 5.69 Å². The number of hydrogen-bond acceptors (Lipinski definition) is 3. The summed E-state index contributed by atoms with van der Waals surface area (Å²) in [7, 11) is 0. The summed E-state index contributed by atoms with van der Waals surface area (Å²) in [5.74, 6) is -0.426. The summed E-state index contributed by atoms with van der Waals surface area (Å²) in [4.78, 5) is 12.6. The third kappa shape index (κ3) is 6.13. The molecule has 1 amide bonds. The molecule has 2 unspecified atom stereocenters. The molecule has 0 saturated heterocycles. The number of amides is 1. The SMILES string of the molecule is O=C(NC(Nc1ccc(S(=O)O)cc1)C(Cl)(Cl)Cl)c1ccc(Br)cc1. The highest BCUT2D eigenvalue weighted by molar-refractivity contribution is 9.10. The van der Waals surface area contributed by atoms with Crippen molar-refractivity contribution in [2.24, 2.45) is 0 Å². The summed E-state index contributed by atoms with van der Waals surface area (Å²) < 4.78 is 19.0. The van der Waals surface area contributed by atoms with Crippen LogP contribution >= 0.6 is 50.7 Å². The maximum absolute atomic E-state index is 12.3. The molecule has 5 nitrogen and oxygen atoms in total. The van der Waals surface area contributed by atoms with Gasteiger partial charge in [0.15, 0.2) is 11.1 Å². The molecule has 0 aliphatic carbocycles. The number of carbonyl (C=O) groups excluding carboxylic acids is 1. The van der Waals surface area contributed by atoms with Crippen LogP contribution in [0.5, 0.6) is 0 Å². The molecule has 0 saturated carbocycles. The van der Waals surface area contributed by atoms with Crippen molar-refractivity contribution in [2.75, 3.05) is 5.32 Å². The third-order valence-corrected chi connectivity index (χ3v) is 4.93. The van der Waals surface area contributed by atoms with E-state index in [4.69, 9.17) is 39.4 Å². The largest absolute Gasteiger partial charge is 0.362 e.